The molecule has 0 unspecified atom stereocenters. The van der Waals surface area contributed by atoms with Gasteiger partial charge < -0.3 is 10.2 Å². The Balaban J connectivity index is 1.94. The van der Waals surface area contributed by atoms with Gasteiger partial charge in [0.25, 0.3) is 5.56 Å². The van der Waals surface area contributed by atoms with Crippen molar-refractivity contribution in [3.8, 4) is 0 Å². The predicted molar refractivity (Wildman–Crippen MR) is 92.9 cm³/mol. The summed E-state index contributed by atoms with van der Waals surface area (Å²) in [7, 11) is 0. The summed E-state index contributed by atoms with van der Waals surface area (Å²) in [5.74, 6) is 0. The summed E-state index contributed by atoms with van der Waals surface area (Å²) in [4.78, 5) is 25.2. The van der Waals surface area contributed by atoms with Gasteiger partial charge in [0, 0.05) is 18.2 Å². The first-order valence-electron chi connectivity index (χ1n) is 8.16. The van der Waals surface area contributed by atoms with Gasteiger partial charge in [0.1, 0.15) is 12.4 Å². The van der Waals surface area contributed by atoms with Gasteiger partial charge in [0.15, 0.2) is 0 Å². The fourth-order valence-electron chi connectivity index (χ4n) is 2.92. The third-order valence-corrected chi connectivity index (χ3v) is 5.83. The maximum Gasteiger partial charge on any atom is 0.332 e. The molecule has 142 valence electrons. The Bertz CT molecular complexity index is 895. The topological polar surface area (TPSA) is 115 Å². The van der Waals surface area contributed by atoms with Gasteiger partial charge >= 0.3 is 5.69 Å². The molecule has 3 atom stereocenters. The van der Waals surface area contributed by atoms with Crippen LogP contribution in [0.5, 0.6) is 0 Å². The molecular weight excluding hydrogens is 364 g/mol. The first-order chi connectivity index (χ1) is 12.4. The van der Waals surface area contributed by atoms with Crippen molar-refractivity contribution in [2.75, 3.05) is 13.3 Å². The molecule has 2 aromatic rings. The Hall–Kier alpha value is -1.98. The molecule has 1 saturated heterocycles. The highest BCUT2D eigenvalue weighted by atomic mass is 32.2. The van der Waals surface area contributed by atoms with Gasteiger partial charge in [-0.2, -0.15) is 0 Å². The van der Waals surface area contributed by atoms with Gasteiger partial charge in [0.2, 0.25) is 0 Å². The molecule has 0 aliphatic carbocycles. The number of rotatable bonds is 6. The first kappa shape index (κ1) is 18.8. The second-order valence-electron chi connectivity index (χ2n) is 6.17. The normalized spacial score (nSPS) is 22.8. The Morgan fingerprint density at radius 2 is 2.15 bits per heavy atom. The minimum Gasteiger partial charge on any atom is -0.395 e. The maximum absolute atomic E-state index is 12.8. The maximum atomic E-state index is 12.8. The van der Waals surface area contributed by atoms with E-state index in [4.69, 9.17) is 0 Å². The number of hydrogen-bond acceptors (Lipinski definition) is 7. The van der Waals surface area contributed by atoms with E-state index in [-0.39, 0.29) is 30.3 Å². The molecule has 3 rings (SSSR count). The summed E-state index contributed by atoms with van der Waals surface area (Å²) in [6, 6.07) is 0. The van der Waals surface area contributed by atoms with Crippen molar-refractivity contribution in [2.45, 2.75) is 43.2 Å². The van der Waals surface area contributed by atoms with Crippen LogP contribution in [0.1, 0.15) is 23.1 Å². The minimum absolute atomic E-state index is 0.0547. The Morgan fingerprint density at radius 3 is 2.81 bits per heavy atom. The Kier molecular flexibility index (Phi) is 5.58. The lowest BCUT2D eigenvalue weighted by atomic mass is 10.2. The van der Waals surface area contributed by atoms with E-state index in [1.54, 1.807) is 6.92 Å². The molecule has 2 N–H and O–H groups in total. The van der Waals surface area contributed by atoms with Crippen LogP contribution in [0.15, 0.2) is 22.0 Å². The highest BCUT2D eigenvalue weighted by Gasteiger charge is 2.35. The SMILES string of the molecule is Cc1cn([C@H]2C[C@H](O)[C@@H](CO)S2)c(=O)n(Cc2cn(CC[18F])nn2)c1=O. The number of aliphatic hydroxyl groups excluding tert-OH is 2. The van der Waals surface area contributed by atoms with Gasteiger partial charge in [-0.3, -0.25) is 13.9 Å². The molecule has 1 fully saturated rings. The number of hydrogen-bond donors (Lipinski definition) is 2. The zero-order valence-corrected chi connectivity index (χ0v) is 15.0. The van der Waals surface area contributed by atoms with Gasteiger partial charge in [-0.25, -0.2) is 13.9 Å². The summed E-state index contributed by atoms with van der Waals surface area (Å²) in [6.07, 6.45) is 2.56. The molecule has 0 amide bonds. The molecule has 11 heteroatoms. The number of nitrogens with zero attached hydrogens (tertiary/aromatic N) is 5. The van der Waals surface area contributed by atoms with Crippen LogP contribution in [-0.4, -0.2) is 59.0 Å². The summed E-state index contributed by atoms with van der Waals surface area (Å²) in [6.45, 7) is 0.809. The smallest absolute Gasteiger partial charge is 0.332 e. The van der Waals surface area contributed by atoms with E-state index in [0.717, 1.165) is 4.57 Å². The first-order valence-corrected chi connectivity index (χ1v) is 9.10. The molecule has 9 nitrogen and oxygen atoms in total. The lowest BCUT2D eigenvalue weighted by Crippen LogP contribution is -2.41. The van der Waals surface area contributed by atoms with Gasteiger partial charge in [0.05, 0.1) is 42.6 Å². The summed E-state index contributed by atoms with van der Waals surface area (Å²) < 4.78 is 16.1. The second-order valence-corrected chi connectivity index (χ2v) is 7.59. The minimum atomic E-state index is -0.719. The zero-order valence-electron chi connectivity index (χ0n) is 14.2. The number of aromatic nitrogens is 5. The lowest BCUT2D eigenvalue weighted by molar-refractivity contribution is 0.137. The molecule has 3 heterocycles. The molecule has 0 aromatic carbocycles. The van der Waals surface area contributed by atoms with Crippen molar-refractivity contribution >= 4 is 11.8 Å². The van der Waals surface area contributed by atoms with E-state index >= 15 is 0 Å². The Morgan fingerprint density at radius 1 is 1.38 bits per heavy atom. The van der Waals surface area contributed by atoms with Crippen LogP contribution < -0.4 is 11.2 Å². The van der Waals surface area contributed by atoms with Crippen LogP contribution in [-0.2, 0) is 13.1 Å². The second kappa shape index (κ2) is 7.72. The molecule has 0 saturated carbocycles. The number of halogens is 1. The van der Waals surface area contributed by atoms with Crippen LogP contribution in [0.2, 0.25) is 0 Å². The van der Waals surface area contributed by atoms with E-state index in [9.17, 15) is 24.2 Å². The third-order valence-electron chi connectivity index (χ3n) is 4.28. The van der Waals surface area contributed by atoms with E-state index in [1.165, 1.54) is 33.4 Å². The number of aryl methyl sites for hydroxylation is 2. The van der Waals surface area contributed by atoms with Crippen molar-refractivity contribution in [3.63, 3.8) is 0 Å². The van der Waals surface area contributed by atoms with Crippen LogP contribution in [0.25, 0.3) is 0 Å². The van der Waals surface area contributed by atoms with Gasteiger partial charge in [-0.05, 0) is 6.92 Å². The average Bonchev–Trinajstić information content (AvgIpc) is 3.21. The summed E-state index contributed by atoms with van der Waals surface area (Å²) in [5, 5.41) is 26.2. The number of aliphatic hydroxyl groups is 2. The van der Waals surface area contributed by atoms with E-state index in [0.29, 0.717) is 17.7 Å². The van der Waals surface area contributed by atoms with Gasteiger partial charge in [-0.15, -0.1) is 16.9 Å². The fourth-order valence-corrected chi connectivity index (χ4v) is 4.30. The van der Waals surface area contributed by atoms with Crippen LogP contribution >= 0.6 is 11.8 Å². The van der Waals surface area contributed by atoms with E-state index in [2.05, 4.69) is 10.3 Å². The molecule has 1 aliphatic heterocycles. The summed E-state index contributed by atoms with van der Waals surface area (Å²) in [5.41, 5.74) is -0.206. The highest BCUT2D eigenvalue weighted by molar-refractivity contribution is 8.00. The molecule has 0 bridgehead atoms. The monoisotopic (exact) mass is 384 g/mol. The molecule has 26 heavy (non-hydrogen) atoms. The van der Waals surface area contributed by atoms with Crippen LogP contribution in [0.3, 0.4) is 0 Å². The zero-order chi connectivity index (χ0) is 18.8. The summed E-state index contributed by atoms with van der Waals surface area (Å²) >= 11 is 1.30. The van der Waals surface area contributed by atoms with E-state index < -0.39 is 24.0 Å². The standard InChI is InChI=1S/C15H20FN5O4S/c1-9-5-20(13-4-11(23)12(8-22)26-13)15(25)21(14(9)24)7-10-6-19(3-2-16)18-17-10/h5-6,11-13,22-23H,2-4,7-8H2,1H3/t11-,12+,13+/m0/s1/i16-1. The quantitative estimate of drug-likeness (QED) is 0.676. The average molecular weight is 384 g/mol. The number of alkyl halides is 1. The van der Waals surface area contributed by atoms with Crippen molar-refractivity contribution in [1.29, 1.82) is 0 Å². The molecule has 0 spiro atoms. The number of thioether (sulfide) groups is 1. The highest BCUT2D eigenvalue weighted by Crippen LogP contribution is 2.40. The van der Waals surface area contributed by atoms with Crippen molar-refractivity contribution in [3.05, 3.63) is 44.5 Å². The molecule has 1 aliphatic rings. The largest absolute Gasteiger partial charge is 0.395 e. The molecule has 0 radical (unpaired) electrons. The predicted octanol–water partition coefficient (Wildman–Crippen LogP) is -0.715. The van der Waals surface area contributed by atoms with E-state index in [1.807, 2.05) is 0 Å². The van der Waals surface area contributed by atoms with Crippen LogP contribution in [0.4, 0.5) is 4.39 Å². The van der Waals surface area contributed by atoms with Crippen molar-refractivity contribution in [2.24, 2.45) is 0 Å². The Labute approximate surface area is 152 Å². The van der Waals surface area contributed by atoms with Gasteiger partial charge in [-0.1, -0.05) is 5.21 Å². The fraction of sp³-hybridized carbons (Fsp3) is 0.600. The lowest BCUT2D eigenvalue weighted by Gasteiger charge is -2.16. The van der Waals surface area contributed by atoms with Crippen LogP contribution in [0, 0.1) is 6.92 Å². The van der Waals surface area contributed by atoms with Crippen molar-refractivity contribution in [1.82, 2.24) is 24.1 Å². The molecule has 2 aromatic heterocycles. The third kappa shape index (κ3) is 3.60. The molecular formula is C15H20FN5O4S. The van der Waals surface area contributed by atoms with Crippen molar-refractivity contribution < 1.29 is 14.6 Å².